The molecule has 4 N–H and O–H groups in total. The van der Waals surface area contributed by atoms with Gasteiger partial charge in [-0.2, -0.15) is 0 Å². The molecule has 0 bridgehead atoms. The topological polar surface area (TPSA) is 128 Å². The van der Waals surface area contributed by atoms with E-state index in [2.05, 4.69) is 0 Å². The second kappa shape index (κ2) is 4.61. The molecule has 0 spiro atoms. The fourth-order valence-electron chi connectivity index (χ4n) is 1.43. The molecule has 10 heteroatoms. The van der Waals surface area contributed by atoms with Crippen LogP contribution >= 0.6 is 15.2 Å². The van der Waals surface area contributed by atoms with Crippen LogP contribution in [-0.2, 0) is 13.9 Å². The van der Waals surface area contributed by atoms with Gasteiger partial charge in [-0.05, 0) is 0 Å². The Morgan fingerprint density at radius 2 is 1.40 bits per heavy atom. The zero-order chi connectivity index (χ0) is 11.7. The molecule has 1 aliphatic rings. The summed E-state index contributed by atoms with van der Waals surface area (Å²) in [5.74, 6) is 0. The van der Waals surface area contributed by atoms with Gasteiger partial charge >= 0.3 is 15.2 Å². The van der Waals surface area contributed by atoms with E-state index < -0.39 is 20.7 Å². The Morgan fingerprint density at radius 1 is 1.00 bits per heavy atom. The third-order valence-electron chi connectivity index (χ3n) is 1.97. The van der Waals surface area contributed by atoms with Crippen LogP contribution in [0.4, 0.5) is 0 Å². The first-order valence-electron chi connectivity index (χ1n) is 4.15. The molecule has 8 nitrogen and oxygen atoms in total. The Labute approximate surface area is 86.2 Å². The van der Waals surface area contributed by atoms with Crippen LogP contribution < -0.4 is 0 Å². The quantitative estimate of drug-likeness (QED) is 0.474. The average Bonchev–Trinajstić information content (AvgIpc) is 2.00. The highest BCUT2D eigenvalue weighted by Gasteiger charge is 2.47. The maximum Gasteiger partial charge on any atom is 0.354 e. The van der Waals surface area contributed by atoms with E-state index in [-0.39, 0.29) is 26.3 Å². The Hall–Kier alpha value is 0.220. The van der Waals surface area contributed by atoms with Crippen molar-refractivity contribution in [1.82, 2.24) is 4.90 Å². The first-order valence-corrected chi connectivity index (χ1v) is 7.51. The molecule has 0 aromatic heterocycles. The summed E-state index contributed by atoms with van der Waals surface area (Å²) in [6.45, 7) is 0.606. The summed E-state index contributed by atoms with van der Waals surface area (Å²) in [4.78, 5) is 36.7. The lowest BCUT2D eigenvalue weighted by Gasteiger charge is -2.34. The molecule has 0 aliphatic carbocycles. The molecule has 0 aromatic carbocycles. The van der Waals surface area contributed by atoms with Crippen molar-refractivity contribution in [3.8, 4) is 0 Å². The third-order valence-corrected chi connectivity index (χ3v) is 5.64. The van der Waals surface area contributed by atoms with Crippen molar-refractivity contribution in [1.29, 1.82) is 0 Å². The van der Waals surface area contributed by atoms with E-state index in [0.717, 1.165) is 4.90 Å². The lowest BCUT2D eigenvalue weighted by molar-refractivity contribution is 0.0350. The molecule has 1 rings (SSSR count). The third kappa shape index (κ3) is 3.62. The lowest BCUT2D eigenvalue weighted by atomic mass is 10.5. The molecule has 1 heterocycles. The van der Waals surface area contributed by atoms with Crippen LogP contribution in [0.5, 0.6) is 0 Å². The first-order chi connectivity index (χ1) is 6.73. The summed E-state index contributed by atoms with van der Waals surface area (Å²) in [6, 6.07) is 0. The summed E-state index contributed by atoms with van der Waals surface area (Å²) < 4.78 is 26.9. The molecule has 0 saturated carbocycles. The summed E-state index contributed by atoms with van der Waals surface area (Å²) in [5, 5.41) is 0. The molecule has 1 saturated heterocycles. The Balaban J connectivity index is 2.91. The standard InChI is InChI=1S/C5H13NO7P2/c7-14(8,9)5(15(10,11)12)6-1-3-13-4-2-6/h5H,1-4H2,(H2,7,8,9)(H2,10,11,12). The first kappa shape index (κ1) is 13.3. The van der Waals surface area contributed by atoms with Crippen LogP contribution in [0.15, 0.2) is 0 Å². The van der Waals surface area contributed by atoms with Crippen LogP contribution in [0.3, 0.4) is 0 Å². The minimum absolute atomic E-state index is 0.0981. The largest absolute Gasteiger partial charge is 0.379 e. The van der Waals surface area contributed by atoms with Crippen molar-refractivity contribution in [3.05, 3.63) is 0 Å². The summed E-state index contributed by atoms with van der Waals surface area (Å²) in [6.07, 6.45) is 0. The van der Waals surface area contributed by atoms with Gasteiger partial charge in [-0.15, -0.1) is 0 Å². The molecule has 1 fully saturated rings. The van der Waals surface area contributed by atoms with Gasteiger partial charge in [0.1, 0.15) is 0 Å². The fourth-order valence-corrected chi connectivity index (χ4v) is 4.31. The Kier molecular flexibility index (Phi) is 4.08. The summed E-state index contributed by atoms with van der Waals surface area (Å²) >= 11 is 0. The van der Waals surface area contributed by atoms with Gasteiger partial charge in [-0.3, -0.25) is 14.0 Å². The number of rotatable bonds is 3. The van der Waals surface area contributed by atoms with Gasteiger partial charge in [-0.25, -0.2) is 0 Å². The summed E-state index contributed by atoms with van der Waals surface area (Å²) in [7, 11) is -9.72. The van der Waals surface area contributed by atoms with Crippen LogP contribution in [0.1, 0.15) is 0 Å². The highest BCUT2D eigenvalue weighted by Crippen LogP contribution is 2.61. The van der Waals surface area contributed by atoms with Crippen molar-refractivity contribution >= 4 is 15.2 Å². The fraction of sp³-hybridized carbons (Fsp3) is 1.00. The smallest absolute Gasteiger partial charge is 0.354 e. The zero-order valence-corrected chi connectivity index (χ0v) is 9.55. The van der Waals surface area contributed by atoms with E-state index in [0.29, 0.717) is 0 Å². The number of morpholine rings is 1. The molecular weight excluding hydrogens is 248 g/mol. The molecule has 0 radical (unpaired) electrons. The van der Waals surface area contributed by atoms with Crippen LogP contribution in [0.2, 0.25) is 0 Å². The Morgan fingerprint density at radius 3 is 1.73 bits per heavy atom. The second-order valence-electron chi connectivity index (χ2n) is 3.17. The lowest BCUT2D eigenvalue weighted by Crippen LogP contribution is -2.43. The van der Waals surface area contributed by atoms with Crippen molar-refractivity contribution in [2.45, 2.75) is 5.52 Å². The normalized spacial score (nSPS) is 20.9. The summed E-state index contributed by atoms with van der Waals surface area (Å²) in [5.41, 5.74) is -2.05. The minimum atomic E-state index is -4.86. The van der Waals surface area contributed by atoms with Gasteiger partial charge < -0.3 is 24.3 Å². The number of hydrogen-bond acceptors (Lipinski definition) is 4. The minimum Gasteiger partial charge on any atom is -0.379 e. The van der Waals surface area contributed by atoms with E-state index in [1.165, 1.54) is 0 Å². The monoisotopic (exact) mass is 261 g/mol. The van der Waals surface area contributed by atoms with E-state index in [1.807, 2.05) is 0 Å². The van der Waals surface area contributed by atoms with Crippen molar-refractivity contribution < 1.29 is 33.4 Å². The van der Waals surface area contributed by atoms with Crippen molar-refractivity contribution in [2.75, 3.05) is 26.3 Å². The van der Waals surface area contributed by atoms with Crippen molar-refractivity contribution in [3.63, 3.8) is 0 Å². The number of nitrogens with zero attached hydrogens (tertiary/aromatic N) is 1. The molecule has 15 heavy (non-hydrogen) atoms. The van der Waals surface area contributed by atoms with Crippen LogP contribution in [0, 0.1) is 0 Å². The number of hydrogen-bond donors (Lipinski definition) is 4. The van der Waals surface area contributed by atoms with Crippen LogP contribution in [-0.4, -0.2) is 56.3 Å². The molecule has 0 aromatic rings. The van der Waals surface area contributed by atoms with E-state index >= 15 is 0 Å². The SMILES string of the molecule is O=P(O)(O)C(N1CCOCC1)P(=O)(O)O. The van der Waals surface area contributed by atoms with Gasteiger partial charge in [0.25, 0.3) is 0 Å². The van der Waals surface area contributed by atoms with E-state index in [9.17, 15) is 9.13 Å². The van der Waals surface area contributed by atoms with Gasteiger partial charge in [0.05, 0.1) is 13.2 Å². The van der Waals surface area contributed by atoms with Crippen LogP contribution in [0.25, 0.3) is 0 Å². The van der Waals surface area contributed by atoms with Gasteiger partial charge in [0, 0.05) is 13.1 Å². The maximum absolute atomic E-state index is 11.0. The predicted octanol–water partition coefficient (Wildman–Crippen LogP) is -1.04. The molecular formula is C5H13NO7P2. The predicted molar refractivity (Wildman–Crippen MR) is 50.3 cm³/mol. The number of ether oxygens (including phenoxy) is 1. The molecule has 0 atom stereocenters. The highest BCUT2D eigenvalue weighted by atomic mass is 31.2. The average molecular weight is 261 g/mol. The van der Waals surface area contributed by atoms with Gasteiger partial charge in [-0.1, -0.05) is 0 Å². The highest BCUT2D eigenvalue weighted by molar-refractivity contribution is 7.70. The van der Waals surface area contributed by atoms with Gasteiger partial charge in [0.2, 0.25) is 5.52 Å². The molecule has 0 unspecified atom stereocenters. The molecule has 0 amide bonds. The van der Waals surface area contributed by atoms with Crippen molar-refractivity contribution in [2.24, 2.45) is 0 Å². The van der Waals surface area contributed by atoms with E-state index in [4.69, 9.17) is 24.3 Å². The second-order valence-corrected chi connectivity index (χ2v) is 6.91. The molecule has 90 valence electrons. The molecule has 1 aliphatic heterocycles. The maximum atomic E-state index is 11.0. The zero-order valence-electron chi connectivity index (χ0n) is 7.76. The van der Waals surface area contributed by atoms with E-state index in [1.54, 1.807) is 0 Å². The Bertz CT molecular complexity index is 281. The van der Waals surface area contributed by atoms with Gasteiger partial charge in [0.15, 0.2) is 0 Å².